The topological polar surface area (TPSA) is 69.2 Å². The Hall–Kier alpha value is -3.22. The van der Waals surface area contributed by atoms with Crippen LogP contribution in [0.4, 0.5) is 0 Å². The molecule has 0 saturated carbocycles. The van der Waals surface area contributed by atoms with Gasteiger partial charge in [-0.05, 0) is 84.5 Å². The average Bonchev–Trinajstić information content (AvgIpc) is 2.86. The van der Waals surface area contributed by atoms with E-state index in [4.69, 9.17) is 37.4 Å². The van der Waals surface area contributed by atoms with Gasteiger partial charge in [0.25, 0.3) is 0 Å². The van der Waals surface area contributed by atoms with Crippen LogP contribution in [0.1, 0.15) is 35.1 Å². The van der Waals surface area contributed by atoms with E-state index in [1.165, 1.54) is 5.56 Å². The molecule has 0 aromatic heterocycles. The van der Waals surface area contributed by atoms with E-state index in [2.05, 4.69) is 10.5 Å². The predicted octanol–water partition coefficient (Wildman–Crippen LogP) is 6.37. The van der Waals surface area contributed by atoms with Crippen LogP contribution in [0, 0.1) is 6.92 Å². The molecule has 0 saturated heterocycles. The molecule has 1 N–H and O–H groups in total. The zero-order valence-electron chi connectivity index (χ0n) is 19.9. The molecule has 0 unspecified atom stereocenters. The quantitative estimate of drug-likeness (QED) is 0.238. The SMILES string of the molecule is COc1ccc(CCCC(=O)N/N=C\c2ccc(OCc3ccc(Cl)c(Cl)c3)c(OC)c2)c(C)c1. The van der Waals surface area contributed by atoms with E-state index in [1.54, 1.807) is 44.7 Å². The third kappa shape index (κ3) is 7.91. The summed E-state index contributed by atoms with van der Waals surface area (Å²) in [5.74, 6) is 1.82. The predicted molar refractivity (Wildman–Crippen MR) is 140 cm³/mol. The number of nitrogens with zero attached hydrogens (tertiary/aromatic N) is 1. The third-order valence-corrected chi connectivity index (χ3v) is 6.11. The molecule has 3 aromatic carbocycles. The van der Waals surface area contributed by atoms with Crippen molar-refractivity contribution in [3.8, 4) is 17.2 Å². The van der Waals surface area contributed by atoms with Crippen molar-refractivity contribution in [2.75, 3.05) is 14.2 Å². The zero-order valence-corrected chi connectivity index (χ0v) is 21.4. The van der Waals surface area contributed by atoms with Gasteiger partial charge in [0.2, 0.25) is 5.91 Å². The van der Waals surface area contributed by atoms with Gasteiger partial charge in [-0.15, -0.1) is 0 Å². The summed E-state index contributed by atoms with van der Waals surface area (Å²) < 4.78 is 16.5. The number of nitrogens with one attached hydrogen (secondary N) is 1. The van der Waals surface area contributed by atoms with Gasteiger partial charge in [-0.25, -0.2) is 5.43 Å². The maximum atomic E-state index is 12.1. The number of methoxy groups -OCH3 is 2. The summed E-state index contributed by atoms with van der Waals surface area (Å²) in [5, 5.41) is 5.03. The average molecular weight is 515 g/mol. The standard InChI is InChI=1S/C27H28Cl2N2O4/c1-18-13-22(33-2)10-9-21(18)5-4-6-27(32)31-30-16-19-8-12-25(26(15-19)34-3)35-17-20-7-11-23(28)24(29)14-20/h7-16H,4-6,17H2,1-3H3,(H,31,32)/b30-16-. The summed E-state index contributed by atoms with van der Waals surface area (Å²) in [6, 6.07) is 16.7. The van der Waals surface area contributed by atoms with Gasteiger partial charge in [-0.3, -0.25) is 4.79 Å². The number of carbonyl (C=O) groups excluding carboxylic acids is 1. The van der Waals surface area contributed by atoms with E-state index in [1.807, 2.05) is 37.3 Å². The Morgan fingerprint density at radius 3 is 2.51 bits per heavy atom. The van der Waals surface area contributed by atoms with Crippen LogP contribution >= 0.6 is 23.2 Å². The Bertz CT molecular complexity index is 1200. The van der Waals surface area contributed by atoms with Crippen molar-refractivity contribution in [2.24, 2.45) is 5.10 Å². The normalized spacial score (nSPS) is 10.9. The molecule has 3 rings (SSSR count). The van der Waals surface area contributed by atoms with E-state index in [-0.39, 0.29) is 5.91 Å². The van der Waals surface area contributed by atoms with Crippen LogP contribution in [0.3, 0.4) is 0 Å². The van der Waals surface area contributed by atoms with Crippen molar-refractivity contribution in [1.29, 1.82) is 0 Å². The van der Waals surface area contributed by atoms with Crippen molar-refractivity contribution in [2.45, 2.75) is 32.8 Å². The van der Waals surface area contributed by atoms with Crippen molar-refractivity contribution in [1.82, 2.24) is 5.43 Å². The van der Waals surface area contributed by atoms with E-state index in [0.717, 1.165) is 35.3 Å². The number of hydrazone groups is 1. The molecule has 0 aliphatic carbocycles. The van der Waals surface area contributed by atoms with E-state index < -0.39 is 0 Å². The summed E-state index contributed by atoms with van der Waals surface area (Å²) in [5.41, 5.74) is 6.58. The van der Waals surface area contributed by atoms with Crippen molar-refractivity contribution in [3.05, 3.63) is 86.9 Å². The van der Waals surface area contributed by atoms with E-state index in [0.29, 0.717) is 34.6 Å². The first-order chi connectivity index (χ1) is 16.9. The molecule has 184 valence electrons. The molecular formula is C27H28Cl2N2O4. The van der Waals surface area contributed by atoms with Crippen LogP contribution in [0.2, 0.25) is 10.0 Å². The Morgan fingerprint density at radius 1 is 0.971 bits per heavy atom. The van der Waals surface area contributed by atoms with Gasteiger partial charge >= 0.3 is 0 Å². The molecule has 6 nitrogen and oxygen atoms in total. The van der Waals surface area contributed by atoms with Crippen LogP contribution in [0.5, 0.6) is 17.2 Å². The molecule has 0 spiro atoms. The molecule has 3 aromatic rings. The van der Waals surface area contributed by atoms with Crippen LogP contribution in [0.15, 0.2) is 59.7 Å². The molecule has 8 heteroatoms. The highest BCUT2D eigenvalue weighted by molar-refractivity contribution is 6.42. The second-order valence-electron chi connectivity index (χ2n) is 7.89. The number of aryl methyl sites for hydroxylation is 2. The zero-order chi connectivity index (χ0) is 25.2. The second-order valence-corrected chi connectivity index (χ2v) is 8.70. The summed E-state index contributed by atoms with van der Waals surface area (Å²) in [4.78, 5) is 12.1. The minimum absolute atomic E-state index is 0.138. The molecule has 35 heavy (non-hydrogen) atoms. The third-order valence-electron chi connectivity index (χ3n) is 5.37. The van der Waals surface area contributed by atoms with Gasteiger partial charge in [0.15, 0.2) is 11.5 Å². The fourth-order valence-corrected chi connectivity index (χ4v) is 3.74. The first-order valence-electron chi connectivity index (χ1n) is 11.1. The maximum absolute atomic E-state index is 12.1. The molecule has 0 aliphatic heterocycles. The number of rotatable bonds is 11. The first kappa shape index (κ1) is 26.4. The number of halogens is 2. The molecule has 0 radical (unpaired) electrons. The molecule has 1 amide bonds. The van der Waals surface area contributed by atoms with Crippen molar-refractivity contribution < 1.29 is 19.0 Å². The number of hydrogen-bond donors (Lipinski definition) is 1. The molecule has 0 fully saturated rings. The second kappa shape index (κ2) is 13.0. The smallest absolute Gasteiger partial charge is 0.240 e. The van der Waals surface area contributed by atoms with Crippen LogP contribution < -0.4 is 19.6 Å². The van der Waals surface area contributed by atoms with Crippen LogP contribution in [-0.2, 0) is 17.8 Å². The van der Waals surface area contributed by atoms with Crippen molar-refractivity contribution >= 4 is 35.3 Å². The number of ether oxygens (including phenoxy) is 3. The van der Waals surface area contributed by atoms with E-state index >= 15 is 0 Å². The van der Waals surface area contributed by atoms with Crippen LogP contribution in [0.25, 0.3) is 0 Å². The largest absolute Gasteiger partial charge is 0.497 e. The molecule has 0 atom stereocenters. The van der Waals surface area contributed by atoms with Gasteiger partial charge in [0.05, 0.1) is 30.5 Å². The monoisotopic (exact) mass is 514 g/mol. The van der Waals surface area contributed by atoms with Gasteiger partial charge in [-0.2, -0.15) is 5.10 Å². The first-order valence-corrected chi connectivity index (χ1v) is 11.9. The lowest BCUT2D eigenvalue weighted by molar-refractivity contribution is -0.121. The molecular weight excluding hydrogens is 487 g/mol. The highest BCUT2D eigenvalue weighted by atomic mass is 35.5. The van der Waals surface area contributed by atoms with E-state index in [9.17, 15) is 4.79 Å². The van der Waals surface area contributed by atoms with Gasteiger partial charge in [-0.1, -0.05) is 35.3 Å². The van der Waals surface area contributed by atoms with Gasteiger partial charge < -0.3 is 14.2 Å². The Kier molecular flexibility index (Phi) is 9.82. The van der Waals surface area contributed by atoms with Gasteiger partial charge in [0, 0.05) is 6.42 Å². The molecule has 0 bridgehead atoms. The minimum atomic E-state index is -0.138. The highest BCUT2D eigenvalue weighted by Crippen LogP contribution is 2.29. The lowest BCUT2D eigenvalue weighted by atomic mass is 10.0. The number of hydrogen-bond acceptors (Lipinski definition) is 5. The summed E-state index contributed by atoms with van der Waals surface area (Å²) in [6.07, 6.45) is 3.49. The minimum Gasteiger partial charge on any atom is -0.497 e. The Labute approximate surface area is 215 Å². The maximum Gasteiger partial charge on any atom is 0.240 e. The lowest BCUT2D eigenvalue weighted by Gasteiger charge is -2.11. The molecule has 0 heterocycles. The number of benzene rings is 3. The Balaban J connectivity index is 1.48. The summed E-state index contributed by atoms with van der Waals surface area (Å²) in [6.45, 7) is 2.35. The Morgan fingerprint density at radius 2 is 1.80 bits per heavy atom. The molecule has 0 aliphatic rings. The van der Waals surface area contributed by atoms with Crippen molar-refractivity contribution in [3.63, 3.8) is 0 Å². The number of carbonyl (C=O) groups is 1. The highest BCUT2D eigenvalue weighted by Gasteiger charge is 2.08. The van der Waals surface area contributed by atoms with Gasteiger partial charge in [0.1, 0.15) is 12.4 Å². The fraction of sp³-hybridized carbons (Fsp3) is 0.259. The van der Waals surface area contributed by atoms with Crippen LogP contribution in [-0.4, -0.2) is 26.3 Å². The fourth-order valence-electron chi connectivity index (χ4n) is 3.42. The summed E-state index contributed by atoms with van der Waals surface area (Å²) in [7, 11) is 3.21. The summed E-state index contributed by atoms with van der Waals surface area (Å²) >= 11 is 12.0. The lowest BCUT2D eigenvalue weighted by Crippen LogP contribution is -2.17. The number of amides is 1.